The van der Waals surface area contributed by atoms with Crippen molar-refractivity contribution in [3.05, 3.63) is 96.8 Å². The Bertz CT molecular complexity index is 988. The summed E-state index contributed by atoms with van der Waals surface area (Å²) in [6.07, 6.45) is 9.76. The Kier molecular flexibility index (Phi) is 4.78. The molecule has 1 amide bonds. The van der Waals surface area contributed by atoms with Gasteiger partial charge in [0.1, 0.15) is 0 Å². The SMILES string of the molecule is O=C(NCCc1ccc(-n2cccn2)cc1)c1ccc(-n2ccnc2)cc1. The maximum atomic E-state index is 12.3. The number of hydrogen-bond acceptors (Lipinski definition) is 3. The van der Waals surface area contributed by atoms with Crippen LogP contribution in [0, 0.1) is 0 Å². The highest BCUT2D eigenvalue weighted by Gasteiger charge is 2.05. The van der Waals surface area contributed by atoms with E-state index in [9.17, 15) is 4.79 Å². The van der Waals surface area contributed by atoms with Crippen molar-refractivity contribution in [3.8, 4) is 11.4 Å². The van der Waals surface area contributed by atoms with Crippen LogP contribution >= 0.6 is 0 Å². The van der Waals surface area contributed by atoms with E-state index < -0.39 is 0 Å². The first-order chi connectivity index (χ1) is 13.3. The third-order valence-corrected chi connectivity index (χ3v) is 4.34. The van der Waals surface area contributed by atoms with Gasteiger partial charge in [-0.2, -0.15) is 5.10 Å². The van der Waals surface area contributed by atoms with Crippen LogP contribution < -0.4 is 5.32 Å². The molecule has 1 N–H and O–H groups in total. The second kappa shape index (κ2) is 7.70. The van der Waals surface area contributed by atoms with E-state index in [-0.39, 0.29) is 5.91 Å². The number of imidazole rings is 1. The Morgan fingerprint density at radius 3 is 2.37 bits per heavy atom. The highest BCUT2D eigenvalue weighted by Crippen LogP contribution is 2.10. The van der Waals surface area contributed by atoms with Gasteiger partial charge in [0.2, 0.25) is 0 Å². The largest absolute Gasteiger partial charge is 0.352 e. The number of hydrogen-bond donors (Lipinski definition) is 1. The quantitative estimate of drug-likeness (QED) is 0.577. The Morgan fingerprint density at radius 1 is 0.926 bits per heavy atom. The van der Waals surface area contributed by atoms with Gasteiger partial charge in [-0.15, -0.1) is 0 Å². The van der Waals surface area contributed by atoms with Crippen molar-refractivity contribution in [2.45, 2.75) is 6.42 Å². The zero-order valence-electron chi connectivity index (χ0n) is 14.7. The molecule has 134 valence electrons. The molecule has 2 heterocycles. The summed E-state index contributed by atoms with van der Waals surface area (Å²) in [4.78, 5) is 16.3. The van der Waals surface area contributed by atoms with Crippen molar-refractivity contribution in [1.82, 2.24) is 24.6 Å². The standard InChI is InChI=1S/C21H19N5O/c27-21(18-4-8-19(9-5-18)25-15-13-22-16-25)23-12-10-17-2-6-20(7-3-17)26-14-1-11-24-26/h1-9,11,13-16H,10,12H2,(H,23,27). The summed E-state index contributed by atoms with van der Waals surface area (Å²) >= 11 is 0. The van der Waals surface area contributed by atoms with Crippen molar-refractivity contribution in [1.29, 1.82) is 0 Å². The van der Waals surface area contributed by atoms with E-state index in [1.54, 1.807) is 18.7 Å². The first-order valence-electron chi connectivity index (χ1n) is 8.75. The monoisotopic (exact) mass is 357 g/mol. The molecular weight excluding hydrogens is 338 g/mol. The van der Waals surface area contributed by atoms with E-state index in [0.29, 0.717) is 12.1 Å². The van der Waals surface area contributed by atoms with Crippen LogP contribution in [0.3, 0.4) is 0 Å². The molecule has 0 saturated carbocycles. The minimum Gasteiger partial charge on any atom is -0.352 e. The lowest BCUT2D eigenvalue weighted by atomic mass is 10.1. The van der Waals surface area contributed by atoms with E-state index in [1.165, 1.54) is 5.56 Å². The smallest absolute Gasteiger partial charge is 0.251 e. The first-order valence-corrected chi connectivity index (χ1v) is 8.75. The van der Waals surface area contributed by atoms with Gasteiger partial charge in [0.25, 0.3) is 5.91 Å². The van der Waals surface area contributed by atoms with E-state index in [1.807, 2.05) is 64.1 Å². The number of nitrogens with one attached hydrogen (secondary N) is 1. The Balaban J connectivity index is 1.30. The molecule has 4 rings (SSSR count). The van der Waals surface area contributed by atoms with Crippen LogP contribution in [-0.2, 0) is 6.42 Å². The van der Waals surface area contributed by atoms with E-state index in [4.69, 9.17) is 0 Å². The van der Waals surface area contributed by atoms with Crippen molar-refractivity contribution >= 4 is 5.91 Å². The second-order valence-corrected chi connectivity index (χ2v) is 6.14. The second-order valence-electron chi connectivity index (χ2n) is 6.14. The molecule has 6 heteroatoms. The maximum Gasteiger partial charge on any atom is 0.251 e. The number of rotatable bonds is 6. The number of carbonyl (C=O) groups is 1. The lowest BCUT2D eigenvalue weighted by molar-refractivity contribution is 0.0954. The maximum absolute atomic E-state index is 12.3. The molecule has 0 atom stereocenters. The average molecular weight is 357 g/mol. The van der Waals surface area contributed by atoms with Gasteiger partial charge >= 0.3 is 0 Å². The number of nitrogens with zero attached hydrogens (tertiary/aromatic N) is 4. The molecule has 0 bridgehead atoms. The van der Waals surface area contributed by atoms with Crippen molar-refractivity contribution in [3.63, 3.8) is 0 Å². The summed E-state index contributed by atoms with van der Waals surface area (Å²) in [5, 5.41) is 7.18. The average Bonchev–Trinajstić information content (AvgIpc) is 3.43. The minimum atomic E-state index is -0.0691. The molecule has 2 aromatic heterocycles. The minimum absolute atomic E-state index is 0.0691. The fourth-order valence-electron chi connectivity index (χ4n) is 2.86. The summed E-state index contributed by atoms with van der Waals surface area (Å²) in [7, 11) is 0. The first kappa shape index (κ1) is 16.8. The molecule has 0 unspecified atom stereocenters. The van der Waals surface area contributed by atoms with Gasteiger partial charge < -0.3 is 9.88 Å². The number of aromatic nitrogens is 4. The van der Waals surface area contributed by atoms with Gasteiger partial charge in [-0.1, -0.05) is 12.1 Å². The summed E-state index contributed by atoms with van der Waals surface area (Å²) in [5.74, 6) is -0.0691. The van der Waals surface area contributed by atoms with E-state index in [0.717, 1.165) is 17.8 Å². The van der Waals surface area contributed by atoms with Crippen molar-refractivity contribution < 1.29 is 4.79 Å². The van der Waals surface area contributed by atoms with Gasteiger partial charge in [-0.3, -0.25) is 4.79 Å². The molecular formula is C21H19N5O. The van der Waals surface area contributed by atoms with Crippen molar-refractivity contribution in [2.24, 2.45) is 0 Å². The van der Waals surface area contributed by atoms with Crippen LogP contribution in [0.25, 0.3) is 11.4 Å². The van der Waals surface area contributed by atoms with Crippen LogP contribution in [0.2, 0.25) is 0 Å². The van der Waals surface area contributed by atoms with Gasteiger partial charge in [-0.25, -0.2) is 9.67 Å². The summed E-state index contributed by atoms with van der Waals surface area (Å²) in [6, 6.07) is 17.5. The fraction of sp³-hybridized carbons (Fsp3) is 0.0952. The van der Waals surface area contributed by atoms with Crippen LogP contribution in [0.5, 0.6) is 0 Å². The molecule has 0 aliphatic heterocycles. The van der Waals surface area contributed by atoms with Crippen LogP contribution in [0.15, 0.2) is 85.7 Å². The molecule has 0 spiro atoms. The molecule has 2 aromatic carbocycles. The fourth-order valence-corrected chi connectivity index (χ4v) is 2.86. The van der Waals surface area contributed by atoms with Gasteiger partial charge in [0, 0.05) is 42.6 Å². The van der Waals surface area contributed by atoms with E-state index in [2.05, 4.69) is 27.5 Å². The predicted molar refractivity (Wildman–Crippen MR) is 103 cm³/mol. The van der Waals surface area contributed by atoms with Gasteiger partial charge in [0.05, 0.1) is 12.0 Å². The molecule has 0 radical (unpaired) electrons. The normalized spacial score (nSPS) is 10.7. The molecule has 6 nitrogen and oxygen atoms in total. The molecule has 4 aromatic rings. The Labute approximate surface area is 157 Å². The van der Waals surface area contributed by atoms with Crippen molar-refractivity contribution in [2.75, 3.05) is 6.54 Å². The van der Waals surface area contributed by atoms with E-state index >= 15 is 0 Å². The van der Waals surface area contributed by atoms with Crippen LogP contribution in [0.1, 0.15) is 15.9 Å². The molecule has 0 aliphatic carbocycles. The summed E-state index contributed by atoms with van der Waals surface area (Å²) < 4.78 is 3.72. The zero-order valence-corrected chi connectivity index (χ0v) is 14.7. The van der Waals surface area contributed by atoms with Crippen LogP contribution in [0.4, 0.5) is 0 Å². The number of amides is 1. The predicted octanol–water partition coefficient (Wildman–Crippen LogP) is 3.03. The summed E-state index contributed by atoms with van der Waals surface area (Å²) in [6.45, 7) is 0.587. The van der Waals surface area contributed by atoms with Gasteiger partial charge in [0.15, 0.2) is 0 Å². The van der Waals surface area contributed by atoms with Crippen LogP contribution in [-0.4, -0.2) is 31.8 Å². The topological polar surface area (TPSA) is 64.7 Å². The lowest BCUT2D eigenvalue weighted by Crippen LogP contribution is -2.25. The van der Waals surface area contributed by atoms with Gasteiger partial charge in [-0.05, 0) is 54.4 Å². The Morgan fingerprint density at radius 2 is 1.70 bits per heavy atom. The molecule has 0 saturated heterocycles. The number of carbonyl (C=O) groups excluding carboxylic acids is 1. The third-order valence-electron chi connectivity index (χ3n) is 4.34. The lowest BCUT2D eigenvalue weighted by Gasteiger charge is -2.08. The molecule has 27 heavy (non-hydrogen) atoms. The zero-order chi connectivity index (χ0) is 18.5. The highest BCUT2D eigenvalue weighted by molar-refractivity contribution is 5.94. The third kappa shape index (κ3) is 3.95. The highest BCUT2D eigenvalue weighted by atomic mass is 16.1. The molecule has 0 aliphatic rings. The Hall–Kier alpha value is -3.67. The summed E-state index contributed by atoms with van der Waals surface area (Å²) in [5.41, 5.74) is 3.81. The number of benzene rings is 2. The molecule has 0 fully saturated rings.